The second kappa shape index (κ2) is 8.71. The number of rotatable bonds is 6. The Morgan fingerprint density at radius 3 is 2.44 bits per heavy atom. The van der Waals surface area contributed by atoms with E-state index in [0.29, 0.717) is 23.8 Å². The van der Waals surface area contributed by atoms with Gasteiger partial charge < -0.3 is 15.4 Å². The van der Waals surface area contributed by atoms with E-state index in [2.05, 4.69) is 36.6 Å². The summed E-state index contributed by atoms with van der Waals surface area (Å²) in [6.07, 6.45) is 0. The van der Waals surface area contributed by atoms with Crippen LogP contribution in [-0.4, -0.2) is 18.6 Å². The van der Waals surface area contributed by atoms with E-state index in [0.717, 1.165) is 5.56 Å². The topological polar surface area (TPSA) is 67.4 Å². The molecule has 5 nitrogen and oxygen atoms in total. The van der Waals surface area contributed by atoms with Crippen LogP contribution < -0.4 is 10.6 Å². The van der Waals surface area contributed by atoms with Crippen molar-refractivity contribution in [3.05, 3.63) is 65.2 Å². The summed E-state index contributed by atoms with van der Waals surface area (Å²) >= 11 is 0. The third-order valence-corrected chi connectivity index (χ3v) is 4.33. The van der Waals surface area contributed by atoms with E-state index in [1.165, 1.54) is 5.56 Å². The van der Waals surface area contributed by atoms with E-state index in [1.54, 1.807) is 31.2 Å². The Hall–Kier alpha value is -2.82. The zero-order valence-electron chi connectivity index (χ0n) is 16.6. The zero-order chi connectivity index (χ0) is 20.0. The number of hydrogen-bond acceptors (Lipinski definition) is 3. The van der Waals surface area contributed by atoms with Gasteiger partial charge in [0.2, 0.25) is 0 Å². The highest BCUT2D eigenvalue weighted by atomic mass is 16.5. The minimum absolute atomic E-state index is 0.306. The van der Waals surface area contributed by atoms with Crippen LogP contribution in [0.25, 0.3) is 0 Å². The minimum Gasteiger partial charge on any atom is -0.462 e. The number of nitrogens with one attached hydrogen (secondary N) is 2. The van der Waals surface area contributed by atoms with E-state index in [-0.39, 0.29) is 6.03 Å². The second-order valence-electron chi connectivity index (χ2n) is 7.29. The van der Waals surface area contributed by atoms with Crippen LogP contribution >= 0.6 is 0 Å². The van der Waals surface area contributed by atoms with E-state index in [1.807, 2.05) is 26.0 Å². The van der Waals surface area contributed by atoms with Crippen molar-refractivity contribution in [2.75, 3.05) is 11.9 Å². The molecule has 0 radical (unpaired) electrons. The first kappa shape index (κ1) is 20.5. The fourth-order valence-corrected chi connectivity index (χ4v) is 2.74. The quantitative estimate of drug-likeness (QED) is 0.702. The molecule has 2 rings (SSSR count). The Kier molecular flexibility index (Phi) is 6.61. The lowest BCUT2D eigenvalue weighted by Crippen LogP contribution is -2.43. The normalized spacial score (nSPS) is 11.2. The van der Waals surface area contributed by atoms with Crippen LogP contribution in [0.1, 0.15) is 62.0 Å². The van der Waals surface area contributed by atoms with Gasteiger partial charge in [-0.2, -0.15) is 0 Å². The fraction of sp³-hybridized carbons (Fsp3) is 0.364. The van der Waals surface area contributed by atoms with E-state index >= 15 is 0 Å². The van der Waals surface area contributed by atoms with E-state index in [4.69, 9.17) is 4.74 Å². The molecule has 0 fully saturated rings. The minimum atomic E-state index is -0.548. The van der Waals surface area contributed by atoms with Crippen LogP contribution in [0.4, 0.5) is 10.5 Å². The van der Waals surface area contributed by atoms with E-state index in [9.17, 15) is 9.59 Å². The number of amides is 2. The van der Waals surface area contributed by atoms with Gasteiger partial charge in [0, 0.05) is 5.69 Å². The van der Waals surface area contributed by atoms with Crippen LogP contribution in [0.15, 0.2) is 48.5 Å². The molecule has 0 bridgehead atoms. The molecular formula is C22H28N2O3. The fourth-order valence-electron chi connectivity index (χ4n) is 2.74. The zero-order valence-corrected chi connectivity index (χ0v) is 16.6. The molecule has 2 N–H and O–H groups in total. The SMILES string of the molecule is CCOC(=O)c1cccc(NC(=O)NC(C)(C)c2cccc(C(C)C)c2)c1. The van der Waals surface area contributed by atoms with Gasteiger partial charge in [-0.3, -0.25) is 0 Å². The average Bonchev–Trinajstić information content (AvgIpc) is 2.61. The Labute approximate surface area is 161 Å². The first-order valence-electron chi connectivity index (χ1n) is 9.19. The highest BCUT2D eigenvalue weighted by Crippen LogP contribution is 2.24. The number of benzene rings is 2. The van der Waals surface area contributed by atoms with Crippen LogP contribution in [0.2, 0.25) is 0 Å². The van der Waals surface area contributed by atoms with Gasteiger partial charge in [-0.15, -0.1) is 0 Å². The highest BCUT2D eigenvalue weighted by Gasteiger charge is 2.23. The third-order valence-electron chi connectivity index (χ3n) is 4.33. The molecule has 5 heteroatoms. The summed E-state index contributed by atoms with van der Waals surface area (Å²) in [6.45, 7) is 10.3. The van der Waals surface area contributed by atoms with Gasteiger partial charge >= 0.3 is 12.0 Å². The lowest BCUT2D eigenvalue weighted by Gasteiger charge is -2.28. The molecule has 2 aromatic rings. The van der Waals surface area contributed by atoms with Crippen LogP contribution in [-0.2, 0) is 10.3 Å². The maximum absolute atomic E-state index is 12.5. The predicted molar refractivity (Wildman–Crippen MR) is 108 cm³/mol. The molecule has 0 aliphatic rings. The van der Waals surface area contributed by atoms with Gasteiger partial charge in [0.05, 0.1) is 17.7 Å². The number of carbonyl (C=O) groups is 2. The van der Waals surface area contributed by atoms with Crippen LogP contribution in [0, 0.1) is 0 Å². The second-order valence-corrected chi connectivity index (χ2v) is 7.29. The first-order chi connectivity index (χ1) is 12.7. The predicted octanol–water partition coefficient (Wildman–Crippen LogP) is 5.04. The molecule has 27 heavy (non-hydrogen) atoms. The van der Waals surface area contributed by atoms with Crippen molar-refractivity contribution in [3.63, 3.8) is 0 Å². The van der Waals surface area contributed by atoms with Gasteiger partial charge in [0.1, 0.15) is 0 Å². The lowest BCUT2D eigenvalue weighted by molar-refractivity contribution is 0.0526. The van der Waals surface area contributed by atoms with Crippen molar-refractivity contribution in [2.45, 2.75) is 46.1 Å². The molecule has 0 saturated heterocycles. The summed E-state index contributed by atoms with van der Waals surface area (Å²) in [5, 5.41) is 5.78. The summed E-state index contributed by atoms with van der Waals surface area (Å²) in [4.78, 5) is 24.3. The molecule has 0 saturated carbocycles. The number of carbonyl (C=O) groups excluding carboxylic acids is 2. The molecule has 0 aromatic heterocycles. The Bertz CT molecular complexity index is 813. The Balaban J connectivity index is 2.09. The Morgan fingerprint density at radius 2 is 1.78 bits per heavy atom. The molecule has 0 unspecified atom stereocenters. The lowest BCUT2D eigenvalue weighted by atomic mass is 9.90. The highest BCUT2D eigenvalue weighted by molar-refractivity contribution is 5.94. The summed E-state index contributed by atoms with van der Waals surface area (Å²) in [5.74, 6) is 0.00702. The smallest absolute Gasteiger partial charge is 0.338 e. The van der Waals surface area contributed by atoms with Gasteiger partial charge in [-0.25, -0.2) is 9.59 Å². The molecule has 0 aliphatic heterocycles. The van der Waals surface area contributed by atoms with Gasteiger partial charge in [-0.1, -0.05) is 44.2 Å². The van der Waals surface area contributed by atoms with Crippen molar-refractivity contribution in [3.8, 4) is 0 Å². The standard InChI is InChI=1S/C22H28N2O3/c1-6-27-20(25)17-10-8-12-19(14-17)23-21(26)24-22(4,5)18-11-7-9-16(13-18)15(2)3/h7-15H,6H2,1-5H3,(H2,23,24,26). The van der Waals surface area contributed by atoms with Gasteiger partial charge in [-0.05, 0) is 56.0 Å². The van der Waals surface area contributed by atoms with Crippen molar-refractivity contribution in [1.29, 1.82) is 0 Å². The molecule has 0 spiro atoms. The van der Waals surface area contributed by atoms with E-state index < -0.39 is 11.5 Å². The van der Waals surface area contributed by atoms with Gasteiger partial charge in [0.15, 0.2) is 0 Å². The monoisotopic (exact) mass is 368 g/mol. The number of esters is 1. The molecule has 2 aromatic carbocycles. The number of hydrogen-bond donors (Lipinski definition) is 2. The number of urea groups is 1. The van der Waals surface area contributed by atoms with Crippen molar-refractivity contribution in [2.24, 2.45) is 0 Å². The van der Waals surface area contributed by atoms with Crippen molar-refractivity contribution >= 4 is 17.7 Å². The maximum Gasteiger partial charge on any atom is 0.338 e. The van der Waals surface area contributed by atoms with Crippen molar-refractivity contribution < 1.29 is 14.3 Å². The molecule has 0 atom stereocenters. The first-order valence-corrected chi connectivity index (χ1v) is 9.19. The average molecular weight is 368 g/mol. The number of anilines is 1. The maximum atomic E-state index is 12.5. The number of ether oxygens (including phenoxy) is 1. The largest absolute Gasteiger partial charge is 0.462 e. The molecule has 0 heterocycles. The molecule has 0 aliphatic carbocycles. The van der Waals surface area contributed by atoms with Crippen molar-refractivity contribution in [1.82, 2.24) is 5.32 Å². The summed E-state index contributed by atoms with van der Waals surface area (Å²) < 4.78 is 4.99. The Morgan fingerprint density at radius 1 is 1.07 bits per heavy atom. The summed E-state index contributed by atoms with van der Waals surface area (Å²) in [5.41, 5.74) is 2.64. The van der Waals surface area contributed by atoms with Gasteiger partial charge in [0.25, 0.3) is 0 Å². The molecule has 2 amide bonds. The summed E-state index contributed by atoms with van der Waals surface area (Å²) in [7, 11) is 0. The van der Waals surface area contributed by atoms with Crippen LogP contribution in [0.3, 0.4) is 0 Å². The molecular weight excluding hydrogens is 340 g/mol. The third kappa shape index (κ3) is 5.58. The molecule has 144 valence electrons. The van der Waals surface area contributed by atoms with Crippen LogP contribution in [0.5, 0.6) is 0 Å². The summed E-state index contributed by atoms with van der Waals surface area (Å²) in [6, 6.07) is 14.6.